The summed E-state index contributed by atoms with van der Waals surface area (Å²) in [6.45, 7) is 4.64. The van der Waals surface area contributed by atoms with Gasteiger partial charge >= 0.3 is 0 Å². The van der Waals surface area contributed by atoms with Crippen LogP contribution in [0.2, 0.25) is 0 Å². The maximum absolute atomic E-state index is 2.56. The maximum Gasteiger partial charge on any atom is 0.0252 e. The molecule has 0 bridgehead atoms. The number of hydrogen-bond donors (Lipinski definition) is 0. The SMILES string of the molecule is CCCC1(CC)C(c2ccccc2)=C(I)c2ccccc21. The highest BCUT2D eigenvalue weighted by Gasteiger charge is 2.42. The summed E-state index contributed by atoms with van der Waals surface area (Å²) in [6.07, 6.45) is 3.59. The van der Waals surface area contributed by atoms with Gasteiger partial charge in [-0.3, -0.25) is 0 Å². The number of benzene rings is 2. The average Bonchev–Trinajstić information content (AvgIpc) is 2.79. The summed E-state index contributed by atoms with van der Waals surface area (Å²) in [5, 5.41) is 0. The van der Waals surface area contributed by atoms with Crippen molar-refractivity contribution in [3.63, 3.8) is 0 Å². The van der Waals surface area contributed by atoms with Crippen molar-refractivity contribution in [2.45, 2.75) is 38.5 Å². The fraction of sp³-hybridized carbons (Fsp3) is 0.300. The Hall–Kier alpha value is -1.09. The molecular formula is C20H21I. The van der Waals surface area contributed by atoms with E-state index in [1.807, 2.05) is 0 Å². The van der Waals surface area contributed by atoms with Crippen molar-refractivity contribution in [3.05, 3.63) is 71.3 Å². The zero-order valence-corrected chi connectivity index (χ0v) is 14.9. The monoisotopic (exact) mass is 388 g/mol. The fourth-order valence-electron chi connectivity index (χ4n) is 3.81. The van der Waals surface area contributed by atoms with Crippen LogP contribution in [-0.4, -0.2) is 0 Å². The van der Waals surface area contributed by atoms with E-state index in [9.17, 15) is 0 Å². The first-order valence-corrected chi connectivity index (χ1v) is 8.88. The minimum atomic E-state index is 0.184. The molecule has 108 valence electrons. The van der Waals surface area contributed by atoms with Crippen molar-refractivity contribution in [2.75, 3.05) is 0 Å². The minimum Gasteiger partial charge on any atom is -0.0653 e. The van der Waals surface area contributed by atoms with Crippen LogP contribution in [0, 0.1) is 0 Å². The van der Waals surface area contributed by atoms with Crippen LogP contribution < -0.4 is 0 Å². The van der Waals surface area contributed by atoms with Crippen LogP contribution in [0.5, 0.6) is 0 Å². The van der Waals surface area contributed by atoms with Crippen molar-refractivity contribution in [2.24, 2.45) is 0 Å². The van der Waals surface area contributed by atoms with Gasteiger partial charge in [0.1, 0.15) is 0 Å². The molecule has 1 aliphatic carbocycles. The van der Waals surface area contributed by atoms with Crippen molar-refractivity contribution in [1.82, 2.24) is 0 Å². The number of rotatable bonds is 4. The molecule has 1 aliphatic rings. The lowest BCUT2D eigenvalue weighted by Crippen LogP contribution is -2.24. The van der Waals surface area contributed by atoms with Crippen molar-refractivity contribution >= 4 is 31.7 Å². The number of allylic oxidation sites excluding steroid dienone is 1. The Bertz CT molecular complexity index is 669. The molecule has 0 aromatic heterocycles. The second-order valence-corrected chi connectivity index (χ2v) is 6.87. The maximum atomic E-state index is 2.56. The standard InChI is InChI=1S/C20H21I/c1-3-14-20(4-2)17-13-9-8-12-16(17)19(21)18(20)15-10-6-5-7-11-15/h5-13H,3-4,14H2,1-2H3. The van der Waals surface area contributed by atoms with Gasteiger partial charge in [-0.25, -0.2) is 0 Å². The highest BCUT2D eigenvalue weighted by Crippen LogP contribution is 2.57. The molecule has 0 aliphatic heterocycles. The van der Waals surface area contributed by atoms with Crippen LogP contribution >= 0.6 is 22.6 Å². The van der Waals surface area contributed by atoms with Gasteiger partial charge in [0.15, 0.2) is 0 Å². The van der Waals surface area contributed by atoms with Gasteiger partial charge in [0.2, 0.25) is 0 Å². The molecule has 0 nitrogen and oxygen atoms in total. The summed E-state index contributed by atoms with van der Waals surface area (Å²) in [4.78, 5) is 0. The molecule has 2 aromatic carbocycles. The van der Waals surface area contributed by atoms with Gasteiger partial charge in [-0.2, -0.15) is 0 Å². The molecule has 21 heavy (non-hydrogen) atoms. The Balaban J connectivity index is 2.28. The second-order valence-electron chi connectivity index (χ2n) is 5.79. The average molecular weight is 388 g/mol. The molecule has 3 rings (SSSR count). The lowest BCUT2D eigenvalue weighted by Gasteiger charge is -2.33. The van der Waals surface area contributed by atoms with Gasteiger partial charge in [0, 0.05) is 8.99 Å². The van der Waals surface area contributed by atoms with Gasteiger partial charge in [-0.15, -0.1) is 0 Å². The normalized spacial score (nSPS) is 20.7. The molecule has 0 saturated heterocycles. The first kappa shape index (κ1) is 14.8. The summed E-state index contributed by atoms with van der Waals surface area (Å²) < 4.78 is 1.43. The molecule has 0 spiro atoms. The second kappa shape index (κ2) is 5.96. The van der Waals surface area contributed by atoms with Crippen LogP contribution in [0.25, 0.3) is 9.15 Å². The van der Waals surface area contributed by atoms with E-state index in [2.05, 4.69) is 91.0 Å². The predicted octanol–water partition coefficient (Wildman–Crippen LogP) is 6.45. The molecular weight excluding hydrogens is 367 g/mol. The van der Waals surface area contributed by atoms with E-state index in [-0.39, 0.29) is 5.41 Å². The zero-order valence-electron chi connectivity index (χ0n) is 12.7. The summed E-state index contributed by atoms with van der Waals surface area (Å²) in [5.74, 6) is 0. The third kappa shape index (κ3) is 2.26. The van der Waals surface area contributed by atoms with Gasteiger partial charge in [0.05, 0.1) is 0 Å². The lowest BCUT2D eigenvalue weighted by atomic mass is 9.70. The predicted molar refractivity (Wildman–Crippen MR) is 101 cm³/mol. The summed E-state index contributed by atoms with van der Waals surface area (Å²) in [5.41, 5.74) is 6.07. The summed E-state index contributed by atoms with van der Waals surface area (Å²) in [6, 6.07) is 19.9. The number of hydrogen-bond acceptors (Lipinski definition) is 0. The van der Waals surface area contributed by atoms with E-state index < -0.39 is 0 Å². The van der Waals surface area contributed by atoms with E-state index in [0.29, 0.717) is 0 Å². The van der Waals surface area contributed by atoms with Crippen molar-refractivity contribution < 1.29 is 0 Å². The Labute approximate surface area is 141 Å². The third-order valence-corrected chi connectivity index (χ3v) is 5.84. The van der Waals surface area contributed by atoms with Crippen LogP contribution in [0.4, 0.5) is 0 Å². The van der Waals surface area contributed by atoms with Gasteiger partial charge < -0.3 is 0 Å². The molecule has 1 unspecified atom stereocenters. The van der Waals surface area contributed by atoms with E-state index in [4.69, 9.17) is 0 Å². The van der Waals surface area contributed by atoms with Crippen LogP contribution in [0.15, 0.2) is 54.6 Å². The van der Waals surface area contributed by atoms with Crippen LogP contribution in [0.1, 0.15) is 49.8 Å². The fourth-order valence-corrected chi connectivity index (χ4v) is 5.11. The number of halogens is 1. The zero-order chi connectivity index (χ0) is 14.9. The quantitative estimate of drug-likeness (QED) is 0.528. The highest BCUT2D eigenvalue weighted by molar-refractivity contribution is 14.1. The molecule has 0 N–H and O–H groups in total. The Morgan fingerprint density at radius 1 is 0.905 bits per heavy atom. The first-order chi connectivity index (χ1) is 10.2. The number of fused-ring (bicyclic) bond motifs is 1. The van der Waals surface area contributed by atoms with Crippen molar-refractivity contribution in [3.8, 4) is 0 Å². The molecule has 2 aromatic rings. The molecule has 1 atom stereocenters. The topological polar surface area (TPSA) is 0 Å². The van der Waals surface area contributed by atoms with E-state index in [1.54, 1.807) is 0 Å². The van der Waals surface area contributed by atoms with E-state index in [1.165, 1.54) is 38.7 Å². The van der Waals surface area contributed by atoms with E-state index >= 15 is 0 Å². The van der Waals surface area contributed by atoms with E-state index in [0.717, 1.165) is 6.42 Å². The van der Waals surface area contributed by atoms with Gasteiger partial charge in [0.25, 0.3) is 0 Å². The van der Waals surface area contributed by atoms with Gasteiger partial charge in [-0.1, -0.05) is 74.9 Å². The largest absolute Gasteiger partial charge is 0.0653 e. The lowest BCUT2D eigenvalue weighted by molar-refractivity contribution is 0.489. The van der Waals surface area contributed by atoms with Gasteiger partial charge in [-0.05, 0) is 57.7 Å². The van der Waals surface area contributed by atoms with Crippen molar-refractivity contribution in [1.29, 1.82) is 0 Å². The Morgan fingerprint density at radius 3 is 2.24 bits per heavy atom. The van der Waals surface area contributed by atoms with Crippen LogP contribution in [-0.2, 0) is 5.41 Å². The molecule has 1 heteroatoms. The summed E-state index contributed by atoms with van der Waals surface area (Å²) >= 11 is 2.56. The first-order valence-electron chi connectivity index (χ1n) is 7.80. The summed E-state index contributed by atoms with van der Waals surface area (Å²) in [7, 11) is 0. The minimum absolute atomic E-state index is 0.184. The molecule has 0 amide bonds. The molecule has 0 saturated carbocycles. The Kier molecular flexibility index (Phi) is 4.21. The smallest absolute Gasteiger partial charge is 0.0252 e. The third-order valence-electron chi connectivity index (χ3n) is 4.72. The molecule has 0 heterocycles. The highest BCUT2D eigenvalue weighted by atomic mass is 127. The molecule has 0 radical (unpaired) electrons. The Morgan fingerprint density at radius 2 is 1.57 bits per heavy atom. The molecule has 0 fully saturated rings. The van der Waals surface area contributed by atoms with Crippen LogP contribution in [0.3, 0.4) is 0 Å².